The fourth-order valence-corrected chi connectivity index (χ4v) is 3.26. The number of hydrogen-bond acceptors (Lipinski definition) is 4. The molecule has 0 aliphatic carbocycles. The van der Waals surface area contributed by atoms with Crippen LogP contribution in [0.1, 0.15) is 5.56 Å². The van der Waals surface area contributed by atoms with E-state index < -0.39 is 0 Å². The van der Waals surface area contributed by atoms with Gasteiger partial charge in [0, 0.05) is 6.54 Å². The molecule has 0 aromatic carbocycles. The Bertz CT molecular complexity index is 384. The monoisotopic (exact) mass is 352 g/mol. The van der Waals surface area contributed by atoms with E-state index in [1.165, 1.54) is 5.56 Å². The van der Waals surface area contributed by atoms with Crippen molar-refractivity contribution >= 4 is 59.7 Å². The standard InChI is InChI=1S/C8H6Br2N2S2/c9-6-1-5(4-13-6)2-11-8-12-3-7(10)14-8/h1,3-4H,2H2,(H,11,12). The zero-order chi connectivity index (χ0) is 9.97. The summed E-state index contributed by atoms with van der Waals surface area (Å²) in [5.41, 5.74) is 1.27. The first-order valence-corrected chi connectivity index (χ1v) is 7.10. The predicted molar refractivity (Wildman–Crippen MR) is 69.2 cm³/mol. The molecular weight excluding hydrogens is 348 g/mol. The van der Waals surface area contributed by atoms with E-state index in [0.717, 1.165) is 19.2 Å². The second-order valence-corrected chi connectivity index (χ2v) is 7.28. The van der Waals surface area contributed by atoms with Gasteiger partial charge in [-0.15, -0.1) is 11.3 Å². The second-order valence-electron chi connectivity index (χ2n) is 2.58. The molecule has 0 fully saturated rings. The molecule has 6 heteroatoms. The molecule has 2 heterocycles. The Labute approximate surface area is 107 Å². The highest BCUT2D eigenvalue weighted by molar-refractivity contribution is 9.11. The smallest absolute Gasteiger partial charge is 0.183 e. The first-order valence-electron chi connectivity index (χ1n) is 3.82. The molecule has 0 saturated carbocycles. The van der Waals surface area contributed by atoms with Crippen LogP contribution in [-0.2, 0) is 6.54 Å². The van der Waals surface area contributed by atoms with Gasteiger partial charge in [-0.3, -0.25) is 0 Å². The van der Waals surface area contributed by atoms with Crippen molar-refractivity contribution < 1.29 is 0 Å². The number of aromatic nitrogens is 1. The van der Waals surface area contributed by atoms with E-state index in [1.807, 2.05) is 0 Å². The highest BCUT2D eigenvalue weighted by atomic mass is 79.9. The molecule has 0 amide bonds. The summed E-state index contributed by atoms with van der Waals surface area (Å²) < 4.78 is 2.21. The summed E-state index contributed by atoms with van der Waals surface area (Å²) in [5, 5.41) is 6.33. The number of nitrogens with zero attached hydrogens (tertiary/aromatic N) is 1. The molecule has 14 heavy (non-hydrogen) atoms. The van der Waals surface area contributed by atoms with Gasteiger partial charge in [0.2, 0.25) is 0 Å². The van der Waals surface area contributed by atoms with E-state index in [-0.39, 0.29) is 0 Å². The lowest BCUT2D eigenvalue weighted by Gasteiger charge is -1.98. The van der Waals surface area contributed by atoms with Crippen LogP contribution in [0.15, 0.2) is 25.2 Å². The number of thiazole rings is 1. The molecule has 1 N–H and O–H groups in total. The maximum absolute atomic E-state index is 4.19. The number of nitrogens with one attached hydrogen (secondary N) is 1. The van der Waals surface area contributed by atoms with Crippen LogP contribution in [0.25, 0.3) is 0 Å². The molecule has 0 bridgehead atoms. The van der Waals surface area contributed by atoms with E-state index in [4.69, 9.17) is 0 Å². The number of rotatable bonds is 3. The third-order valence-corrected chi connectivity index (χ3v) is 4.53. The van der Waals surface area contributed by atoms with Gasteiger partial charge >= 0.3 is 0 Å². The van der Waals surface area contributed by atoms with Gasteiger partial charge in [-0.1, -0.05) is 11.3 Å². The molecule has 0 spiro atoms. The zero-order valence-electron chi connectivity index (χ0n) is 6.96. The average Bonchev–Trinajstić information content (AvgIpc) is 2.72. The lowest BCUT2D eigenvalue weighted by atomic mass is 10.3. The van der Waals surface area contributed by atoms with Gasteiger partial charge in [0.25, 0.3) is 0 Å². The highest BCUT2D eigenvalue weighted by Crippen LogP contribution is 2.25. The van der Waals surface area contributed by atoms with Crippen LogP contribution in [0, 0.1) is 0 Å². The van der Waals surface area contributed by atoms with Crippen molar-refractivity contribution in [3.05, 3.63) is 30.8 Å². The average molecular weight is 354 g/mol. The predicted octanol–water partition coefficient (Wildman–Crippen LogP) is 4.34. The maximum atomic E-state index is 4.19. The van der Waals surface area contributed by atoms with E-state index in [1.54, 1.807) is 28.9 Å². The lowest BCUT2D eigenvalue weighted by Crippen LogP contribution is -1.96. The fraction of sp³-hybridized carbons (Fsp3) is 0.125. The van der Waals surface area contributed by atoms with Gasteiger partial charge in [-0.25, -0.2) is 4.98 Å². The quantitative estimate of drug-likeness (QED) is 0.887. The Hall–Kier alpha value is 0.0900. The van der Waals surface area contributed by atoms with Crippen LogP contribution >= 0.6 is 54.5 Å². The Morgan fingerprint density at radius 1 is 1.36 bits per heavy atom. The zero-order valence-corrected chi connectivity index (χ0v) is 11.8. The lowest BCUT2D eigenvalue weighted by molar-refractivity contribution is 1.15. The first-order chi connectivity index (χ1) is 6.74. The second kappa shape index (κ2) is 4.74. The minimum absolute atomic E-state index is 0.821. The highest BCUT2D eigenvalue weighted by Gasteiger charge is 2.00. The van der Waals surface area contributed by atoms with Crippen molar-refractivity contribution in [3.8, 4) is 0 Å². The van der Waals surface area contributed by atoms with Crippen molar-refractivity contribution in [2.24, 2.45) is 0 Å². The Kier molecular flexibility index (Phi) is 3.59. The van der Waals surface area contributed by atoms with Gasteiger partial charge < -0.3 is 5.32 Å². The summed E-state index contributed by atoms with van der Waals surface area (Å²) in [5.74, 6) is 0. The minimum Gasteiger partial charge on any atom is -0.357 e. The Balaban J connectivity index is 1.94. The molecule has 2 nitrogen and oxygen atoms in total. The topological polar surface area (TPSA) is 24.9 Å². The summed E-state index contributed by atoms with van der Waals surface area (Å²) in [6.45, 7) is 0.821. The molecule has 0 radical (unpaired) electrons. The van der Waals surface area contributed by atoms with E-state index in [9.17, 15) is 0 Å². The summed E-state index contributed by atoms with van der Waals surface area (Å²) in [6.07, 6.45) is 1.80. The number of anilines is 1. The maximum Gasteiger partial charge on any atom is 0.183 e. The SMILES string of the molecule is Brc1cc(CNc2ncc(Br)s2)cs1. The molecular formula is C8H6Br2N2S2. The third-order valence-electron chi connectivity index (χ3n) is 1.54. The van der Waals surface area contributed by atoms with Crippen molar-refractivity contribution in [1.82, 2.24) is 4.98 Å². The molecule has 0 aliphatic heterocycles. The largest absolute Gasteiger partial charge is 0.357 e. The molecule has 0 saturated heterocycles. The molecule has 0 atom stereocenters. The van der Waals surface area contributed by atoms with Crippen LogP contribution < -0.4 is 5.32 Å². The first kappa shape index (κ1) is 10.6. The molecule has 74 valence electrons. The van der Waals surface area contributed by atoms with Crippen LogP contribution in [0.5, 0.6) is 0 Å². The van der Waals surface area contributed by atoms with Crippen molar-refractivity contribution in [2.45, 2.75) is 6.54 Å². The van der Waals surface area contributed by atoms with Crippen LogP contribution in [0.4, 0.5) is 5.13 Å². The van der Waals surface area contributed by atoms with Gasteiger partial charge in [-0.05, 0) is 48.9 Å². The summed E-state index contributed by atoms with van der Waals surface area (Å²) in [7, 11) is 0. The van der Waals surface area contributed by atoms with Crippen LogP contribution in [0.2, 0.25) is 0 Å². The van der Waals surface area contributed by atoms with Crippen molar-refractivity contribution in [2.75, 3.05) is 5.32 Å². The van der Waals surface area contributed by atoms with Crippen molar-refractivity contribution in [3.63, 3.8) is 0 Å². The molecule has 2 aromatic heterocycles. The van der Waals surface area contributed by atoms with Gasteiger partial charge in [0.05, 0.1) is 13.8 Å². The summed E-state index contributed by atoms with van der Waals surface area (Å²) in [6, 6.07) is 2.11. The van der Waals surface area contributed by atoms with Crippen molar-refractivity contribution in [1.29, 1.82) is 0 Å². The number of thiophene rings is 1. The van der Waals surface area contributed by atoms with E-state index in [0.29, 0.717) is 0 Å². The third kappa shape index (κ3) is 2.79. The van der Waals surface area contributed by atoms with E-state index >= 15 is 0 Å². The van der Waals surface area contributed by atoms with Crippen LogP contribution in [0.3, 0.4) is 0 Å². The van der Waals surface area contributed by atoms with Crippen LogP contribution in [-0.4, -0.2) is 4.98 Å². The normalized spacial score (nSPS) is 10.4. The molecule has 2 aromatic rings. The minimum atomic E-state index is 0.821. The molecule has 0 aliphatic rings. The van der Waals surface area contributed by atoms with Gasteiger partial charge in [-0.2, -0.15) is 0 Å². The summed E-state index contributed by atoms with van der Waals surface area (Å²) >= 11 is 10.1. The fourth-order valence-electron chi connectivity index (χ4n) is 0.952. The Morgan fingerprint density at radius 2 is 2.21 bits per heavy atom. The number of halogens is 2. The molecule has 0 unspecified atom stereocenters. The Morgan fingerprint density at radius 3 is 2.79 bits per heavy atom. The van der Waals surface area contributed by atoms with Gasteiger partial charge in [0.1, 0.15) is 0 Å². The summed E-state index contributed by atoms with van der Waals surface area (Å²) in [4.78, 5) is 4.19. The van der Waals surface area contributed by atoms with Gasteiger partial charge in [0.15, 0.2) is 5.13 Å². The molecule has 2 rings (SSSR count). The van der Waals surface area contributed by atoms with E-state index in [2.05, 4.69) is 53.6 Å². The number of hydrogen-bond donors (Lipinski definition) is 1.